The molecular formula is C9H17N3O. The lowest BCUT2D eigenvalue weighted by Crippen LogP contribution is -2.36. The first-order chi connectivity index (χ1) is 6.07. The van der Waals surface area contributed by atoms with Crippen molar-refractivity contribution in [2.45, 2.75) is 32.9 Å². The Kier molecular flexibility index (Phi) is 2.93. The molecule has 4 nitrogen and oxygen atoms in total. The smallest absolute Gasteiger partial charge is 0.158 e. The Morgan fingerprint density at radius 3 is 2.77 bits per heavy atom. The lowest BCUT2D eigenvalue weighted by molar-refractivity contribution is 0.118. The Morgan fingerprint density at radius 1 is 1.62 bits per heavy atom. The van der Waals surface area contributed by atoms with E-state index in [-0.39, 0.29) is 5.60 Å². The summed E-state index contributed by atoms with van der Waals surface area (Å²) in [6.45, 7) is 7.29. The second-order valence-corrected chi connectivity index (χ2v) is 3.60. The lowest BCUT2D eigenvalue weighted by Gasteiger charge is -2.23. The molecule has 0 atom stereocenters. The fraction of sp³-hybridized carbons (Fsp3) is 0.667. The van der Waals surface area contributed by atoms with Gasteiger partial charge in [0.05, 0.1) is 12.4 Å². The molecule has 0 saturated heterocycles. The average Bonchev–Trinajstić information content (AvgIpc) is 2.52. The summed E-state index contributed by atoms with van der Waals surface area (Å²) < 4.78 is 7.45. The predicted molar refractivity (Wildman–Crippen MR) is 51.7 cm³/mol. The lowest BCUT2D eigenvalue weighted by atomic mass is 10.1. The first-order valence-electron chi connectivity index (χ1n) is 4.49. The Hall–Kier alpha value is -1.03. The molecule has 0 aliphatic carbocycles. The third kappa shape index (κ3) is 2.73. The first kappa shape index (κ1) is 10.1. The Labute approximate surface area is 78.7 Å². The molecule has 1 rings (SSSR count). The Morgan fingerprint density at radius 2 is 2.31 bits per heavy atom. The molecule has 0 amide bonds. The SMILES string of the molecule is CCn1cc(OC(C)(C)CN)cn1. The molecule has 0 aliphatic heterocycles. The largest absolute Gasteiger partial charge is 0.483 e. The molecule has 0 saturated carbocycles. The number of aromatic nitrogens is 2. The highest BCUT2D eigenvalue weighted by atomic mass is 16.5. The molecule has 1 aromatic heterocycles. The number of hydrogen-bond donors (Lipinski definition) is 1. The standard InChI is InChI=1S/C9H17N3O/c1-4-12-6-8(5-11-12)13-9(2,3)7-10/h5-6H,4,7,10H2,1-3H3. The van der Waals surface area contributed by atoms with Crippen LogP contribution in [0.15, 0.2) is 12.4 Å². The molecule has 0 spiro atoms. The van der Waals surface area contributed by atoms with Crippen LogP contribution in [0.5, 0.6) is 5.75 Å². The molecule has 74 valence electrons. The molecule has 0 radical (unpaired) electrons. The first-order valence-corrected chi connectivity index (χ1v) is 4.49. The fourth-order valence-corrected chi connectivity index (χ4v) is 0.931. The van der Waals surface area contributed by atoms with E-state index in [2.05, 4.69) is 5.10 Å². The van der Waals surface area contributed by atoms with Gasteiger partial charge in [0.2, 0.25) is 0 Å². The molecule has 0 bridgehead atoms. The van der Waals surface area contributed by atoms with E-state index in [1.807, 2.05) is 31.6 Å². The molecule has 13 heavy (non-hydrogen) atoms. The van der Waals surface area contributed by atoms with E-state index >= 15 is 0 Å². The molecule has 0 unspecified atom stereocenters. The zero-order valence-electron chi connectivity index (χ0n) is 8.45. The quantitative estimate of drug-likeness (QED) is 0.758. The van der Waals surface area contributed by atoms with E-state index in [1.54, 1.807) is 6.20 Å². The van der Waals surface area contributed by atoms with E-state index in [0.29, 0.717) is 6.54 Å². The summed E-state index contributed by atoms with van der Waals surface area (Å²) in [6, 6.07) is 0. The van der Waals surface area contributed by atoms with Crippen LogP contribution in [0, 0.1) is 0 Å². The van der Waals surface area contributed by atoms with Gasteiger partial charge < -0.3 is 10.5 Å². The van der Waals surface area contributed by atoms with Crippen molar-refractivity contribution < 1.29 is 4.74 Å². The van der Waals surface area contributed by atoms with Gasteiger partial charge in [0.1, 0.15) is 5.60 Å². The summed E-state index contributed by atoms with van der Waals surface area (Å²) in [7, 11) is 0. The van der Waals surface area contributed by atoms with Crippen molar-refractivity contribution in [3.63, 3.8) is 0 Å². The summed E-state index contributed by atoms with van der Waals surface area (Å²) in [4.78, 5) is 0. The molecule has 1 heterocycles. The van der Waals surface area contributed by atoms with Crippen LogP contribution in [0.4, 0.5) is 0 Å². The van der Waals surface area contributed by atoms with Crippen LogP contribution < -0.4 is 10.5 Å². The van der Waals surface area contributed by atoms with Gasteiger partial charge in [-0.1, -0.05) is 0 Å². The van der Waals surface area contributed by atoms with Crippen molar-refractivity contribution in [2.75, 3.05) is 6.54 Å². The molecule has 4 heteroatoms. The van der Waals surface area contributed by atoms with E-state index in [4.69, 9.17) is 10.5 Å². The normalized spacial score (nSPS) is 11.7. The summed E-state index contributed by atoms with van der Waals surface area (Å²) in [5.74, 6) is 0.775. The molecule has 0 aromatic carbocycles. The summed E-state index contributed by atoms with van der Waals surface area (Å²) >= 11 is 0. The molecule has 1 aromatic rings. The van der Waals surface area contributed by atoms with Crippen molar-refractivity contribution in [3.8, 4) is 5.75 Å². The van der Waals surface area contributed by atoms with Crippen LogP contribution in [0.25, 0.3) is 0 Å². The van der Waals surface area contributed by atoms with Crippen LogP contribution in [-0.4, -0.2) is 21.9 Å². The highest BCUT2D eigenvalue weighted by molar-refractivity contribution is 5.13. The molecule has 2 N–H and O–H groups in total. The van der Waals surface area contributed by atoms with E-state index in [1.165, 1.54) is 0 Å². The van der Waals surface area contributed by atoms with Crippen molar-refractivity contribution in [2.24, 2.45) is 5.73 Å². The summed E-state index contributed by atoms with van der Waals surface area (Å²) in [5, 5.41) is 4.10. The van der Waals surface area contributed by atoms with Crippen LogP contribution >= 0.6 is 0 Å². The van der Waals surface area contributed by atoms with E-state index in [0.717, 1.165) is 12.3 Å². The number of hydrogen-bond acceptors (Lipinski definition) is 3. The van der Waals surface area contributed by atoms with Crippen molar-refractivity contribution in [1.29, 1.82) is 0 Å². The number of nitrogens with two attached hydrogens (primary N) is 1. The van der Waals surface area contributed by atoms with Crippen molar-refractivity contribution >= 4 is 0 Å². The summed E-state index contributed by atoms with van der Waals surface area (Å²) in [6.07, 6.45) is 3.58. The van der Waals surface area contributed by atoms with Gasteiger partial charge in [-0.3, -0.25) is 4.68 Å². The molecule has 0 fully saturated rings. The van der Waals surface area contributed by atoms with Crippen molar-refractivity contribution in [3.05, 3.63) is 12.4 Å². The Bertz CT molecular complexity index is 268. The number of rotatable bonds is 4. The van der Waals surface area contributed by atoms with Crippen LogP contribution in [0.3, 0.4) is 0 Å². The van der Waals surface area contributed by atoms with Gasteiger partial charge in [-0.15, -0.1) is 0 Å². The van der Waals surface area contributed by atoms with E-state index in [9.17, 15) is 0 Å². The maximum absolute atomic E-state index is 5.63. The second-order valence-electron chi connectivity index (χ2n) is 3.60. The maximum atomic E-state index is 5.63. The highest BCUT2D eigenvalue weighted by Crippen LogP contribution is 2.16. The minimum Gasteiger partial charge on any atom is -0.483 e. The third-order valence-corrected chi connectivity index (χ3v) is 1.82. The van der Waals surface area contributed by atoms with E-state index < -0.39 is 0 Å². The van der Waals surface area contributed by atoms with Gasteiger partial charge in [0, 0.05) is 13.1 Å². The Balaban J connectivity index is 2.63. The van der Waals surface area contributed by atoms with Gasteiger partial charge in [-0.2, -0.15) is 5.10 Å². The minimum atomic E-state index is -0.318. The van der Waals surface area contributed by atoms with Crippen LogP contribution in [-0.2, 0) is 6.54 Å². The summed E-state index contributed by atoms with van der Waals surface area (Å²) in [5.41, 5.74) is 5.22. The monoisotopic (exact) mass is 183 g/mol. The van der Waals surface area contributed by atoms with Gasteiger partial charge >= 0.3 is 0 Å². The van der Waals surface area contributed by atoms with Gasteiger partial charge in [0.15, 0.2) is 5.75 Å². The number of aryl methyl sites for hydroxylation is 1. The third-order valence-electron chi connectivity index (χ3n) is 1.82. The van der Waals surface area contributed by atoms with Crippen LogP contribution in [0.2, 0.25) is 0 Å². The fourth-order valence-electron chi connectivity index (χ4n) is 0.931. The van der Waals surface area contributed by atoms with Crippen LogP contribution in [0.1, 0.15) is 20.8 Å². The number of ether oxygens (including phenoxy) is 1. The minimum absolute atomic E-state index is 0.318. The average molecular weight is 183 g/mol. The molecule has 0 aliphatic rings. The molecular weight excluding hydrogens is 166 g/mol. The van der Waals surface area contributed by atoms with Gasteiger partial charge in [-0.05, 0) is 20.8 Å². The van der Waals surface area contributed by atoms with Crippen molar-refractivity contribution in [1.82, 2.24) is 9.78 Å². The number of nitrogens with zero attached hydrogens (tertiary/aromatic N) is 2. The maximum Gasteiger partial charge on any atom is 0.158 e. The zero-order chi connectivity index (χ0) is 9.90. The van der Waals surface area contributed by atoms with Gasteiger partial charge in [-0.25, -0.2) is 0 Å². The topological polar surface area (TPSA) is 53.1 Å². The highest BCUT2D eigenvalue weighted by Gasteiger charge is 2.17. The second kappa shape index (κ2) is 3.79. The van der Waals surface area contributed by atoms with Gasteiger partial charge in [0.25, 0.3) is 0 Å². The zero-order valence-corrected chi connectivity index (χ0v) is 8.45. The predicted octanol–water partition coefficient (Wildman–Crippen LogP) is 1.02.